The first-order valence-electron chi connectivity index (χ1n) is 6.37. The van der Waals surface area contributed by atoms with Crippen molar-refractivity contribution in [3.63, 3.8) is 0 Å². The van der Waals surface area contributed by atoms with Gasteiger partial charge in [-0.3, -0.25) is 0 Å². The summed E-state index contributed by atoms with van der Waals surface area (Å²) < 4.78 is 0. The predicted octanol–water partition coefficient (Wildman–Crippen LogP) is 3.44. The van der Waals surface area contributed by atoms with Crippen LogP contribution >= 0.6 is 0 Å². The van der Waals surface area contributed by atoms with Gasteiger partial charge in [-0.15, -0.1) is 0 Å². The number of aryl methyl sites for hydroxylation is 1. The van der Waals surface area contributed by atoms with Crippen molar-refractivity contribution in [2.24, 2.45) is 0 Å². The molecule has 3 aromatic rings. The molecule has 0 saturated carbocycles. The molecule has 0 fully saturated rings. The maximum Gasteiger partial charge on any atom is 0.219 e. The van der Waals surface area contributed by atoms with E-state index in [0.717, 1.165) is 17.5 Å². The van der Waals surface area contributed by atoms with Gasteiger partial charge in [0.1, 0.15) is 0 Å². The van der Waals surface area contributed by atoms with Crippen LogP contribution in [-0.2, 0) is 6.42 Å². The van der Waals surface area contributed by atoms with E-state index in [2.05, 4.69) is 53.3 Å². The Hall–Kier alpha value is -2.42. The molecule has 0 bridgehead atoms. The van der Waals surface area contributed by atoms with Crippen LogP contribution in [-0.4, -0.2) is 9.97 Å². The highest BCUT2D eigenvalue weighted by Crippen LogP contribution is 2.24. The van der Waals surface area contributed by atoms with Gasteiger partial charge >= 0.3 is 0 Å². The molecule has 19 heavy (non-hydrogen) atoms. The Kier molecular flexibility index (Phi) is 2.88. The largest absolute Gasteiger partial charge is 0.368 e. The Balaban J connectivity index is 2.08. The van der Waals surface area contributed by atoms with Gasteiger partial charge in [-0.25, -0.2) is 9.97 Å². The Labute approximate surface area is 112 Å². The van der Waals surface area contributed by atoms with Crippen LogP contribution in [0.4, 0.5) is 5.95 Å². The Morgan fingerprint density at radius 1 is 0.895 bits per heavy atom. The second kappa shape index (κ2) is 4.69. The average Bonchev–Trinajstić information content (AvgIpc) is 2.47. The molecular weight excluding hydrogens is 234 g/mol. The van der Waals surface area contributed by atoms with Gasteiger partial charge in [0.2, 0.25) is 5.95 Å². The molecule has 0 unspecified atom stereocenters. The molecule has 3 rings (SSSR count). The summed E-state index contributed by atoms with van der Waals surface area (Å²) in [6, 6.07) is 13.0. The van der Waals surface area contributed by atoms with Crippen molar-refractivity contribution in [2.45, 2.75) is 13.3 Å². The smallest absolute Gasteiger partial charge is 0.219 e. The number of fused-ring (bicyclic) bond motifs is 1. The number of hydrogen-bond donors (Lipinski definition) is 1. The molecule has 3 heteroatoms. The Bertz CT molecular complexity index is 718. The predicted molar refractivity (Wildman–Crippen MR) is 78.8 cm³/mol. The first kappa shape index (κ1) is 11.7. The second-order valence-electron chi connectivity index (χ2n) is 4.58. The van der Waals surface area contributed by atoms with Crippen LogP contribution in [0.5, 0.6) is 0 Å². The van der Waals surface area contributed by atoms with E-state index in [9.17, 15) is 0 Å². The molecule has 2 N–H and O–H groups in total. The summed E-state index contributed by atoms with van der Waals surface area (Å²) in [6.45, 7) is 2.17. The lowest BCUT2D eigenvalue weighted by molar-refractivity contribution is 1.15. The van der Waals surface area contributed by atoms with Crippen LogP contribution in [0, 0.1) is 0 Å². The lowest BCUT2D eigenvalue weighted by Crippen LogP contribution is -1.93. The quantitative estimate of drug-likeness (QED) is 0.757. The zero-order valence-electron chi connectivity index (χ0n) is 10.8. The van der Waals surface area contributed by atoms with Gasteiger partial charge in [-0.2, -0.15) is 0 Å². The molecule has 0 amide bonds. The minimum Gasteiger partial charge on any atom is -0.368 e. The number of benzene rings is 2. The first-order valence-corrected chi connectivity index (χ1v) is 6.37. The van der Waals surface area contributed by atoms with Crippen molar-refractivity contribution >= 4 is 16.7 Å². The molecule has 0 spiro atoms. The van der Waals surface area contributed by atoms with E-state index in [4.69, 9.17) is 5.73 Å². The van der Waals surface area contributed by atoms with Crippen molar-refractivity contribution < 1.29 is 0 Å². The number of nitrogen functional groups attached to an aromatic ring is 1. The minimum atomic E-state index is 0.303. The van der Waals surface area contributed by atoms with Gasteiger partial charge in [0.15, 0.2) is 0 Å². The fourth-order valence-electron chi connectivity index (χ4n) is 2.18. The van der Waals surface area contributed by atoms with Crippen LogP contribution in [0.2, 0.25) is 0 Å². The highest BCUT2D eigenvalue weighted by molar-refractivity contribution is 5.87. The van der Waals surface area contributed by atoms with E-state index in [0.29, 0.717) is 5.95 Å². The van der Waals surface area contributed by atoms with Crippen molar-refractivity contribution in [1.29, 1.82) is 0 Å². The third kappa shape index (κ3) is 2.27. The number of nitrogens with two attached hydrogens (primary N) is 1. The van der Waals surface area contributed by atoms with E-state index >= 15 is 0 Å². The number of nitrogens with zero attached hydrogens (tertiary/aromatic N) is 2. The highest BCUT2D eigenvalue weighted by atomic mass is 15.0. The number of hydrogen-bond acceptors (Lipinski definition) is 3. The summed E-state index contributed by atoms with van der Waals surface area (Å²) in [5.41, 5.74) is 8.95. The number of anilines is 1. The summed E-state index contributed by atoms with van der Waals surface area (Å²) in [6.07, 6.45) is 4.57. The normalized spacial score (nSPS) is 10.8. The maximum absolute atomic E-state index is 5.51. The molecule has 0 aliphatic heterocycles. The van der Waals surface area contributed by atoms with Gasteiger partial charge in [0.25, 0.3) is 0 Å². The zero-order chi connectivity index (χ0) is 13.2. The minimum absolute atomic E-state index is 0.303. The third-order valence-electron chi connectivity index (χ3n) is 3.32. The van der Waals surface area contributed by atoms with E-state index in [1.165, 1.54) is 16.3 Å². The maximum atomic E-state index is 5.51. The molecular formula is C16H15N3. The number of aromatic nitrogens is 2. The molecule has 94 valence electrons. The Morgan fingerprint density at radius 3 is 2.32 bits per heavy atom. The molecule has 0 radical (unpaired) electrons. The third-order valence-corrected chi connectivity index (χ3v) is 3.32. The zero-order valence-corrected chi connectivity index (χ0v) is 10.8. The summed E-state index contributed by atoms with van der Waals surface area (Å²) in [4.78, 5) is 8.06. The first-order chi connectivity index (χ1) is 9.26. The summed E-state index contributed by atoms with van der Waals surface area (Å²) in [7, 11) is 0. The Morgan fingerprint density at radius 2 is 1.58 bits per heavy atom. The van der Waals surface area contributed by atoms with Crippen LogP contribution in [0.25, 0.3) is 21.9 Å². The van der Waals surface area contributed by atoms with E-state index in [1.54, 1.807) is 12.4 Å². The molecule has 0 aliphatic carbocycles. The number of rotatable bonds is 2. The average molecular weight is 249 g/mol. The van der Waals surface area contributed by atoms with Gasteiger partial charge in [-0.1, -0.05) is 37.3 Å². The van der Waals surface area contributed by atoms with E-state index < -0.39 is 0 Å². The van der Waals surface area contributed by atoms with Crippen LogP contribution < -0.4 is 5.73 Å². The van der Waals surface area contributed by atoms with E-state index in [1.807, 2.05) is 0 Å². The van der Waals surface area contributed by atoms with Crippen molar-refractivity contribution in [1.82, 2.24) is 9.97 Å². The van der Waals surface area contributed by atoms with Gasteiger partial charge in [0.05, 0.1) is 0 Å². The monoisotopic (exact) mass is 249 g/mol. The SMILES string of the molecule is CCc1ccc2cc(-c3cnc(N)nc3)ccc2c1. The standard InChI is InChI=1S/C16H15N3/c1-2-11-3-4-13-8-14(6-5-12(13)7-11)15-9-18-16(17)19-10-15/h3-10H,2H2,1H3,(H2,17,18,19). The highest BCUT2D eigenvalue weighted by Gasteiger charge is 2.01. The fourth-order valence-corrected chi connectivity index (χ4v) is 2.18. The van der Waals surface area contributed by atoms with E-state index in [-0.39, 0.29) is 0 Å². The van der Waals surface area contributed by atoms with Crippen molar-refractivity contribution in [3.8, 4) is 11.1 Å². The lowest BCUT2D eigenvalue weighted by Gasteiger charge is -2.05. The van der Waals surface area contributed by atoms with Crippen molar-refractivity contribution in [2.75, 3.05) is 5.73 Å². The molecule has 2 aromatic carbocycles. The van der Waals surface area contributed by atoms with Gasteiger partial charge in [-0.05, 0) is 34.4 Å². The lowest BCUT2D eigenvalue weighted by atomic mass is 10.0. The molecule has 0 saturated heterocycles. The van der Waals surface area contributed by atoms with Crippen molar-refractivity contribution in [3.05, 3.63) is 54.4 Å². The van der Waals surface area contributed by atoms with Gasteiger partial charge in [0, 0.05) is 18.0 Å². The summed E-state index contributed by atoms with van der Waals surface area (Å²) in [5.74, 6) is 0.303. The topological polar surface area (TPSA) is 51.8 Å². The fraction of sp³-hybridized carbons (Fsp3) is 0.125. The molecule has 1 heterocycles. The summed E-state index contributed by atoms with van der Waals surface area (Å²) in [5, 5.41) is 2.49. The molecule has 3 nitrogen and oxygen atoms in total. The van der Waals surface area contributed by atoms with Crippen LogP contribution in [0.1, 0.15) is 12.5 Å². The molecule has 1 aromatic heterocycles. The second-order valence-corrected chi connectivity index (χ2v) is 4.58. The molecule has 0 atom stereocenters. The van der Waals surface area contributed by atoms with Crippen LogP contribution in [0.3, 0.4) is 0 Å². The summed E-state index contributed by atoms with van der Waals surface area (Å²) >= 11 is 0. The van der Waals surface area contributed by atoms with Gasteiger partial charge < -0.3 is 5.73 Å². The van der Waals surface area contributed by atoms with Crippen LogP contribution in [0.15, 0.2) is 48.8 Å². The molecule has 0 aliphatic rings.